The molecule has 1 N–H and O–H groups in total. The molecular formula is C30H34FN3O2. The quantitative estimate of drug-likeness (QED) is 0.399. The molecule has 0 aromatic heterocycles. The topological polar surface area (TPSA) is 52.7 Å². The second-order valence-electron chi connectivity index (χ2n) is 9.74. The van der Waals surface area contributed by atoms with Gasteiger partial charge in [0.1, 0.15) is 5.82 Å². The Morgan fingerprint density at radius 2 is 1.64 bits per heavy atom. The molecular weight excluding hydrogens is 453 g/mol. The molecule has 1 aliphatic rings. The fourth-order valence-corrected chi connectivity index (χ4v) is 4.90. The van der Waals surface area contributed by atoms with Crippen LogP contribution >= 0.6 is 0 Å². The predicted octanol–water partition coefficient (Wildman–Crippen LogP) is 6.42. The molecule has 5 nitrogen and oxygen atoms in total. The molecule has 188 valence electrons. The van der Waals surface area contributed by atoms with Crippen LogP contribution in [0.3, 0.4) is 0 Å². The van der Waals surface area contributed by atoms with Gasteiger partial charge in [0, 0.05) is 43.5 Å². The molecule has 0 radical (unpaired) electrons. The van der Waals surface area contributed by atoms with Crippen molar-refractivity contribution in [3.8, 4) is 0 Å². The van der Waals surface area contributed by atoms with Gasteiger partial charge >= 0.3 is 0 Å². The Morgan fingerprint density at radius 3 is 2.28 bits per heavy atom. The van der Waals surface area contributed by atoms with Crippen LogP contribution in [-0.2, 0) is 11.3 Å². The van der Waals surface area contributed by atoms with Crippen LogP contribution in [0.2, 0.25) is 0 Å². The van der Waals surface area contributed by atoms with Crippen molar-refractivity contribution in [1.29, 1.82) is 0 Å². The van der Waals surface area contributed by atoms with Crippen molar-refractivity contribution in [3.63, 3.8) is 0 Å². The van der Waals surface area contributed by atoms with Gasteiger partial charge in [-0.1, -0.05) is 43.2 Å². The summed E-state index contributed by atoms with van der Waals surface area (Å²) in [6.45, 7) is 2.32. The van der Waals surface area contributed by atoms with Crippen LogP contribution < -0.4 is 10.2 Å². The van der Waals surface area contributed by atoms with Crippen molar-refractivity contribution >= 4 is 23.2 Å². The van der Waals surface area contributed by atoms with Crippen molar-refractivity contribution < 1.29 is 14.0 Å². The molecule has 3 aromatic rings. The highest BCUT2D eigenvalue weighted by Crippen LogP contribution is 2.31. The van der Waals surface area contributed by atoms with Crippen LogP contribution in [-0.4, -0.2) is 30.8 Å². The lowest BCUT2D eigenvalue weighted by Gasteiger charge is -2.32. The first kappa shape index (κ1) is 25.4. The number of rotatable bonds is 8. The Balaban J connectivity index is 1.68. The first-order valence-corrected chi connectivity index (χ1v) is 12.6. The maximum absolute atomic E-state index is 13.7. The molecule has 0 spiro atoms. The Labute approximate surface area is 212 Å². The Hall–Kier alpha value is -3.67. The van der Waals surface area contributed by atoms with Crippen LogP contribution in [0.15, 0.2) is 72.8 Å². The second kappa shape index (κ2) is 11.4. The molecule has 3 aromatic carbocycles. The minimum atomic E-state index is -0.380. The van der Waals surface area contributed by atoms with Gasteiger partial charge in [0.25, 0.3) is 5.91 Å². The number of nitrogens with zero attached hydrogens (tertiary/aromatic N) is 2. The van der Waals surface area contributed by atoms with Gasteiger partial charge in [-0.25, -0.2) is 4.39 Å². The fraction of sp³-hybridized carbons (Fsp3) is 0.333. The largest absolute Gasteiger partial charge is 0.377 e. The number of benzene rings is 3. The summed E-state index contributed by atoms with van der Waals surface area (Å²) in [6, 6.07) is 21.2. The zero-order valence-electron chi connectivity index (χ0n) is 21.2. The van der Waals surface area contributed by atoms with Gasteiger partial charge in [-0.2, -0.15) is 0 Å². The number of hydrogen-bond donors (Lipinski definition) is 1. The predicted molar refractivity (Wildman–Crippen MR) is 142 cm³/mol. The molecule has 4 rings (SSSR count). The first-order valence-electron chi connectivity index (χ1n) is 12.6. The summed E-state index contributed by atoms with van der Waals surface area (Å²) in [4.78, 5) is 30.3. The molecule has 0 heterocycles. The molecule has 1 fully saturated rings. The van der Waals surface area contributed by atoms with E-state index in [2.05, 4.69) is 5.32 Å². The number of carbonyl (C=O) groups is 2. The van der Waals surface area contributed by atoms with E-state index in [-0.39, 0.29) is 29.6 Å². The lowest BCUT2D eigenvalue weighted by atomic mass is 10.0. The average molecular weight is 488 g/mol. The lowest BCUT2D eigenvalue weighted by Crippen LogP contribution is -2.34. The van der Waals surface area contributed by atoms with Crippen molar-refractivity contribution in [3.05, 3.63) is 95.3 Å². The molecule has 0 saturated heterocycles. The highest BCUT2D eigenvalue weighted by Gasteiger charge is 2.26. The molecule has 36 heavy (non-hydrogen) atoms. The molecule has 0 aliphatic heterocycles. The van der Waals surface area contributed by atoms with Crippen molar-refractivity contribution in [1.82, 2.24) is 4.90 Å². The summed E-state index contributed by atoms with van der Waals surface area (Å²) in [7, 11) is 3.92. The van der Waals surface area contributed by atoms with Crippen LogP contribution in [0.4, 0.5) is 15.8 Å². The van der Waals surface area contributed by atoms with Gasteiger partial charge in [0.15, 0.2) is 0 Å². The van der Waals surface area contributed by atoms with E-state index in [0.29, 0.717) is 12.1 Å². The third kappa shape index (κ3) is 5.93. The molecule has 0 bridgehead atoms. The number of anilines is 2. The first-order chi connectivity index (χ1) is 17.3. The standard InChI is InChI=1S/C30H34FN3O2/c1-21(22-9-5-4-6-10-22)34(30(36)24-13-15-26(31)16-14-24)20-25-19-27(17-18-28(25)33(2)3)32-29(35)23-11-7-8-12-23/h4-6,9-10,13-19,21,23H,7-8,11-12,20H2,1-3H3,(H,32,35). The summed E-state index contributed by atoms with van der Waals surface area (Å²) in [5.41, 5.74) is 4.05. The van der Waals surface area contributed by atoms with E-state index in [0.717, 1.165) is 48.2 Å². The zero-order chi connectivity index (χ0) is 25.7. The summed E-state index contributed by atoms with van der Waals surface area (Å²) >= 11 is 0. The Morgan fingerprint density at radius 1 is 0.972 bits per heavy atom. The van der Waals surface area contributed by atoms with E-state index in [9.17, 15) is 14.0 Å². The zero-order valence-corrected chi connectivity index (χ0v) is 21.2. The van der Waals surface area contributed by atoms with Gasteiger partial charge in [-0.15, -0.1) is 0 Å². The van der Waals surface area contributed by atoms with E-state index >= 15 is 0 Å². The van der Waals surface area contributed by atoms with Crippen LogP contribution in [0.5, 0.6) is 0 Å². The summed E-state index contributed by atoms with van der Waals surface area (Å²) in [6.07, 6.45) is 4.06. The van der Waals surface area contributed by atoms with Crippen molar-refractivity contribution in [2.45, 2.75) is 45.2 Å². The maximum atomic E-state index is 13.7. The summed E-state index contributed by atoms with van der Waals surface area (Å²) in [5, 5.41) is 3.09. The fourth-order valence-electron chi connectivity index (χ4n) is 4.90. The SMILES string of the molecule is CC(c1ccccc1)N(Cc1cc(NC(=O)C2CCCC2)ccc1N(C)C)C(=O)c1ccc(F)cc1. The van der Waals surface area contributed by atoms with E-state index in [1.54, 1.807) is 4.90 Å². The van der Waals surface area contributed by atoms with Gasteiger partial charge in [-0.05, 0) is 73.4 Å². The van der Waals surface area contributed by atoms with Gasteiger partial charge in [-0.3, -0.25) is 9.59 Å². The van der Waals surface area contributed by atoms with Crippen molar-refractivity contribution in [2.75, 3.05) is 24.3 Å². The summed E-state index contributed by atoms with van der Waals surface area (Å²) in [5.74, 6) is -0.434. The Bertz CT molecular complexity index is 1190. The number of nitrogens with one attached hydrogen (secondary N) is 1. The smallest absolute Gasteiger partial charge is 0.254 e. The number of amides is 2. The third-order valence-electron chi connectivity index (χ3n) is 7.00. The lowest BCUT2D eigenvalue weighted by molar-refractivity contribution is -0.119. The maximum Gasteiger partial charge on any atom is 0.254 e. The van der Waals surface area contributed by atoms with E-state index < -0.39 is 0 Å². The number of halogens is 1. The van der Waals surface area contributed by atoms with Crippen LogP contribution in [0.1, 0.15) is 60.1 Å². The normalized spacial score (nSPS) is 14.3. The molecule has 1 unspecified atom stereocenters. The molecule has 6 heteroatoms. The minimum absolute atomic E-state index is 0.0629. The van der Waals surface area contributed by atoms with E-state index in [4.69, 9.17) is 0 Å². The van der Waals surface area contributed by atoms with Gasteiger partial charge in [0.05, 0.1) is 6.04 Å². The third-order valence-corrected chi connectivity index (χ3v) is 7.00. The molecule has 1 atom stereocenters. The van der Waals surface area contributed by atoms with Crippen LogP contribution in [0.25, 0.3) is 0 Å². The monoisotopic (exact) mass is 487 g/mol. The van der Waals surface area contributed by atoms with Crippen LogP contribution in [0, 0.1) is 11.7 Å². The molecule has 1 aliphatic carbocycles. The van der Waals surface area contributed by atoms with Gasteiger partial charge in [0.2, 0.25) is 5.91 Å². The number of hydrogen-bond acceptors (Lipinski definition) is 3. The highest BCUT2D eigenvalue weighted by atomic mass is 19.1. The second-order valence-corrected chi connectivity index (χ2v) is 9.74. The van der Waals surface area contributed by atoms with Gasteiger partial charge < -0.3 is 15.1 Å². The highest BCUT2D eigenvalue weighted by molar-refractivity contribution is 5.95. The molecule has 1 saturated carbocycles. The molecule has 2 amide bonds. The number of carbonyl (C=O) groups excluding carboxylic acids is 2. The van der Waals surface area contributed by atoms with E-state index in [1.807, 2.05) is 74.4 Å². The summed E-state index contributed by atoms with van der Waals surface area (Å²) < 4.78 is 13.6. The van der Waals surface area contributed by atoms with E-state index in [1.165, 1.54) is 24.3 Å². The average Bonchev–Trinajstić information content (AvgIpc) is 3.43. The minimum Gasteiger partial charge on any atom is -0.377 e. The Kier molecular flexibility index (Phi) is 8.04. The van der Waals surface area contributed by atoms with Crippen molar-refractivity contribution in [2.24, 2.45) is 5.92 Å².